The molecule has 94 valence electrons. The van der Waals surface area contributed by atoms with Gasteiger partial charge in [-0.1, -0.05) is 6.58 Å². The van der Waals surface area contributed by atoms with Gasteiger partial charge in [0.25, 0.3) is 0 Å². The lowest BCUT2D eigenvalue weighted by atomic mass is 10.1. The quantitative estimate of drug-likeness (QED) is 0.836. The Kier molecular flexibility index (Phi) is 3.65. The Bertz CT molecular complexity index is 417. The lowest BCUT2D eigenvalue weighted by molar-refractivity contribution is -0.153. The first-order valence-electron chi connectivity index (χ1n) is 4.65. The summed E-state index contributed by atoms with van der Waals surface area (Å²) in [4.78, 5) is 0. The standard InChI is InChI=1S/C11H11F4NO/c1-6-3-8(17-5-11(13,14)15)4-9(12)10(6)7(2)16/h3-4H,2,5,16H2,1H3. The largest absolute Gasteiger partial charge is 0.484 e. The molecule has 0 aliphatic heterocycles. The van der Waals surface area contributed by atoms with E-state index in [4.69, 9.17) is 5.73 Å². The van der Waals surface area contributed by atoms with Crippen molar-refractivity contribution < 1.29 is 22.3 Å². The normalized spacial score (nSPS) is 11.4. The van der Waals surface area contributed by atoms with Crippen LogP contribution in [0.2, 0.25) is 0 Å². The Morgan fingerprint density at radius 3 is 2.41 bits per heavy atom. The highest BCUT2D eigenvalue weighted by Gasteiger charge is 2.28. The van der Waals surface area contributed by atoms with E-state index in [-0.39, 0.29) is 17.0 Å². The summed E-state index contributed by atoms with van der Waals surface area (Å²) in [5.74, 6) is -0.947. The smallest absolute Gasteiger partial charge is 0.422 e. The summed E-state index contributed by atoms with van der Waals surface area (Å²) in [5, 5.41) is 0. The van der Waals surface area contributed by atoms with Gasteiger partial charge in [-0.05, 0) is 18.6 Å². The lowest BCUT2D eigenvalue weighted by Gasteiger charge is -2.12. The second-order valence-electron chi connectivity index (χ2n) is 3.53. The van der Waals surface area contributed by atoms with Gasteiger partial charge in [0.1, 0.15) is 11.6 Å². The molecule has 0 heterocycles. The molecule has 0 aliphatic rings. The zero-order valence-electron chi connectivity index (χ0n) is 9.07. The van der Waals surface area contributed by atoms with Crippen LogP contribution in [0.1, 0.15) is 11.1 Å². The molecular formula is C11H11F4NO. The molecule has 2 N–H and O–H groups in total. The Labute approximate surface area is 95.7 Å². The van der Waals surface area contributed by atoms with E-state index in [0.29, 0.717) is 5.56 Å². The molecule has 0 unspecified atom stereocenters. The van der Waals surface area contributed by atoms with Crippen LogP contribution in [-0.4, -0.2) is 12.8 Å². The maximum Gasteiger partial charge on any atom is 0.422 e. The predicted octanol–water partition coefficient (Wildman–Crippen LogP) is 3.00. The fourth-order valence-electron chi connectivity index (χ4n) is 1.37. The molecule has 0 aliphatic carbocycles. The molecule has 0 amide bonds. The van der Waals surface area contributed by atoms with Crippen LogP contribution in [0.5, 0.6) is 5.75 Å². The van der Waals surface area contributed by atoms with E-state index in [2.05, 4.69) is 11.3 Å². The van der Waals surface area contributed by atoms with Crippen LogP contribution >= 0.6 is 0 Å². The van der Waals surface area contributed by atoms with Gasteiger partial charge < -0.3 is 10.5 Å². The summed E-state index contributed by atoms with van der Waals surface area (Å²) in [6.45, 7) is 3.43. The van der Waals surface area contributed by atoms with Crippen molar-refractivity contribution in [2.45, 2.75) is 13.1 Å². The zero-order chi connectivity index (χ0) is 13.2. The van der Waals surface area contributed by atoms with Crippen LogP contribution in [0.4, 0.5) is 17.6 Å². The van der Waals surface area contributed by atoms with Gasteiger partial charge >= 0.3 is 6.18 Å². The summed E-state index contributed by atoms with van der Waals surface area (Å²) in [5.41, 5.74) is 5.83. The fraction of sp³-hybridized carbons (Fsp3) is 0.273. The Morgan fingerprint density at radius 2 is 2.00 bits per heavy atom. The minimum atomic E-state index is -4.46. The van der Waals surface area contributed by atoms with E-state index in [1.54, 1.807) is 0 Å². The maximum atomic E-state index is 13.5. The third-order valence-electron chi connectivity index (χ3n) is 1.98. The number of rotatable bonds is 3. The molecule has 17 heavy (non-hydrogen) atoms. The summed E-state index contributed by atoms with van der Waals surface area (Å²) in [7, 11) is 0. The van der Waals surface area contributed by atoms with Gasteiger partial charge in [-0.15, -0.1) is 0 Å². The Morgan fingerprint density at radius 1 is 1.41 bits per heavy atom. The van der Waals surface area contributed by atoms with Gasteiger partial charge in [0.15, 0.2) is 6.61 Å². The molecular weight excluding hydrogens is 238 g/mol. The van der Waals surface area contributed by atoms with Crippen molar-refractivity contribution in [1.29, 1.82) is 0 Å². The van der Waals surface area contributed by atoms with Gasteiger partial charge in [0.2, 0.25) is 0 Å². The van der Waals surface area contributed by atoms with Crippen molar-refractivity contribution in [1.82, 2.24) is 0 Å². The topological polar surface area (TPSA) is 35.2 Å². The van der Waals surface area contributed by atoms with Crippen molar-refractivity contribution in [2.24, 2.45) is 5.73 Å². The monoisotopic (exact) mass is 249 g/mol. The van der Waals surface area contributed by atoms with E-state index in [9.17, 15) is 17.6 Å². The average molecular weight is 249 g/mol. The highest BCUT2D eigenvalue weighted by atomic mass is 19.4. The molecule has 0 aromatic heterocycles. The van der Waals surface area contributed by atoms with Gasteiger partial charge in [0.05, 0.1) is 0 Å². The van der Waals surface area contributed by atoms with Crippen LogP contribution in [0.25, 0.3) is 5.70 Å². The molecule has 1 aromatic rings. The van der Waals surface area contributed by atoms with E-state index >= 15 is 0 Å². The summed E-state index contributed by atoms with van der Waals surface area (Å²) in [6, 6.07) is 2.13. The van der Waals surface area contributed by atoms with Gasteiger partial charge in [0, 0.05) is 17.3 Å². The average Bonchev–Trinajstić information content (AvgIpc) is 2.11. The van der Waals surface area contributed by atoms with Gasteiger partial charge in [-0.25, -0.2) is 4.39 Å². The number of aryl methyl sites for hydroxylation is 1. The second-order valence-corrected chi connectivity index (χ2v) is 3.53. The number of hydrogen-bond acceptors (Lipinski definition) is 2. The summed E-state index contributed by atoms with van der Waals surface area (Å²) in [6.07, 6.45) is -4.46. The van der Waals surface area contributed by atoms with Crippen molar-refractivity contribution in [3.63, 3.8) is 0 Å². The molecule has 1 rings (SSSR count). The molecule has 2 nitrogen and oxygen atoms in total. The van der Waals surface area contributed by atoms with Crippen molar-refractivity contribution in [2.75, 3.05) is 6.61 Å². The number of halogens is 4. The molecule has 0 radical (unpaired) electrons. The lowest BCUT2D eigenvalue weighted by Crippen LogP contribution is -2.19. The number of hydrogen-bond donors (Lipinski definition) is 1. The predicted molar refractivity (Wildman–Crippen MR) is 55.9 cm³/mol. The van der Waals surface area contributed by atoms with Crippen LogP contribution in [0.3, 0.4) is 0 Å². The summed E-state index contributed by atoms with van der Waals surface area (Å²) < 4.78 is 53.6. The molecule has 0 fully saturated rings. The first-order chi connectivity index (χ1) is 7.70. The van der Waals surface area contributed by atoms with E-state index in [1.165, 1.54) is 13.0 Å². The number of alkyl halides is 3. The molecule has 0 bridgehead atoms. The van der Waals surface area contributed by atoms with E-state index in [0.717, 1.165) is 6.07 Å². The first-order valence-corrected chi connectivity index (χ1v) is 4.65. The SMILES string of the molecule is C=C(N)c1c(C)cc(OCC(F)(F)F)cc1F. The van der Waals surface area contributed by atoms with Crippen molar-refractivity contribution in [3.05, 3.63) is 35.7 Å². The number of ether oxygens (including phenoxy) is 1. The molecule has 1 aromatic carbocycles. The third kappa shape index (κ3) is 3.65. The van der Waals surface area contributed by atoms with E-state index < -0.39 is 18.6 Å². The third-order valence-corrected chi connectivity index (χ3v) is 1.98. The van der Waals surface area contributed by atoms with Crippen LogP contribution in [0.15, 0.2) is 18.7 Å². The van der Waals surface area contributed by atoms with Gasteiger partial charge in [-0.3, -0.25) is 0 Å². The highest BCUT2D eigenvalue weighted by molar-refractivity contribution is 5.64. The first kappa shape index (κ1) is 13.3. The molecule has 6 heteroatoms. The highest BCUT2D eigenvalue weighted by Crippen LogP contribution is 2.25. The number of nitrogens with two attached hydrogens (primary N) is 1. The molecule has 0 saturated heterocycles. The Hall–Kier alpha value is -1.72. The minimum absolute atomic E-state index is 0.0161. The van der Waals surface area contributed by atoms with Crippen molar-refractivity contribution in [3.8, 4) is 5.75 Å². The van der Waals surface area contributed by atoms with Crippen LogP contribution in [-0.2, 0) is 0 Å². The zero-order valence-corrected chi connectivity index (χ0v) is 9.07. The van der Waals surface area contributed by atoms with Gasteiger partial charge in [-0.2, -0.15) is 13.2 Å². The Balaban J connectivity index is 2.95. The molecule has 0 saturated carbocycles. The van der Waals surface area contributed by atoms with Crippen LogP contribution < -0.4 is 10.5 Å². The molecule has 0 atom stereocenters. The number of benzene rings is 1. The summed E-state index contributed by atoms with van der Waals surface area (Å²) >= 11 is 0. The fourth-order valence-corrected chi connectivity index (χ4v) is 1.37. The maximum absolute atomic E-state index is 13.5. The van der Waals surface area contributed by atoms with E-state index in [1.807, 2.05) is 0 Å². The minimum Gasteiger partial charge on any atom is -0.484 e. The van der Waals surface area contributed by atoms with Crippen LogP contribution in [0, 0.1) is 12.7 Å². The van der Waals surface area contributed by atoms with Crippen molar-refractivity contribution >= 4 is 5.70 Å². The second kappa shape index (κ2) is 4.65. The molecule has 0 spiro atoms.